The number of nitrogens with one attached hydrogen (secondary N) is 1. The molecule has 0 atom stereocenters. The van der Waals surface area contributed by atoms with Crippen LogP contribution >= 0.6 is 46.7 Å². The minimum absolute atomic E-state index is 0. The molecular weight excluding hydrogens is 439 g/mol. The first-order valence-corrected chi connectivity index (χ1v) is 9.25. The molecule has 0 unspecified atom stereocenters. The minimum atomic E-state index is 0. The van der Waals surface area contributed by atoms with Crippen LogP contribution in [0.25, 0.3) is 0 Å². The smallest absolute Gasteiger partial charge is 0.194 e. The van der Waals surface area contributed by atoms with Crippen LogP contribution in [0.1, 0.15) is 9.75 Å². The topological polar surface area (TPSA) is 30.9 Å². The number of guanidine groups is 1. The van der Waals surface area contributed by atoms with E-state index in [2.05, 4.69) is 56.7 Å². The van der Waals surface area contributed by atoms with Crippen LogP contribution in [-0.4, -0.2) is 44.1 Å². The van der Waals surface area contributed by atoms with Crippen molar-refractivity contribution in [3.63, 3.8) is 0 Å². The van der Waals surface area contributed by atoms with E-state index in [0.29, 0.717) is 0 Å². The second kappa shape index (κ2) is 8.89. The maximum Gasteiger partial charge on any atom is 0.194 e. The molecule has 2 aromatic rings. The van der Waals surface area contributed by atoms with Gasteiger partial charge in [0.1, 0.15) is 0 Å². The molecular formula is C16H23IN4S2. The molecule has 0 spiro atoms. The Morgan fingerprint density at radius 2 is 2.00 bits per heavy atom. The van der Waals surface area contributed by atoms with Gasteiger partial charge in [0.2, 0.25) is 0 Å². The average molecular weight is 462 g/mol. The average Bonchev–Trinajstić information content (AvgIpc) is 3.20. The van der Waals surface area contributed by atoms with Crippen molar-refractivity contribution < 1.29 is 0 Å². The fourth-order valence-corrected chi connectivity index (χ4v) is 4.28. The molecule has 126 valence electrons. The highest BCUT2D eigenvalue weighted by atomic mass is 127. The SMILES string of the molecule is CN=C(NCc1ccc(C)s1)N1CCN(c2cccs2)CC1.I. The molecule has 0 bridgehead atoms. The summed E-state index contributed by atoms with van der Waals surface area (Å²) in [7, 11) is 1.87. The summed E-state index contributed by atoms with van der Waals surface area (Å²) in [6.07, 6.45) is 0. The Kier molecular flexibility index (Phi) is 7.16. The summed E-state index contributed by atoms with van der Waals surface area (Å²) in [5, 5.41) is 7.00. The Morgan fingerprint density at radius 1 is 1.22 bits per heavy atom. The van der Waals surface area contributed by atoms with Crippen molar-refractivity contribution in [2.45, 2.75) is 13.5 Å². The zero-order valence-electron chi connectivity index (χ0n) is 13.5. The van der Waals surface area contributed by atoms with Gasteiger partial charge in [0.15, 0.2) is 5.96 Å². The van der Waals surface area contributed by atoms with Crippen LogP contribution in [0, 0.1) is 6.92 Å². The summed E-state index contributed by atoms with van der Waals surface area (Å²) in [6.45, 7) is 7.14. The number of aryl methyl sites for hydroxylation is 1. The maximum absolute atomic E-state index is 4.44. The molecule has 0 amide bonds. The molecule has 23 heavy (non-hydrogen) atoms. The van der Waals surface area contributed by atoms with Gasteiger partial charge in [0.25, 0.3) is 0 Å². The summed E-state index contributed by atoms with van der Waals surface area (Å²) >= 11 is 3.66. The van der Waals surface area contributed by atoms with E-state index >= 15 is 0 Å². The van der Waals surface area contributed by atoms with Crippen molar-refractivity contribution in [3.8, 4) is 0 Å². The quantitative estimate of drug-likeness (QED) is 0.430. The molecule has 4 nitrogen and oxygen atoms in total. The van der Waals surface area contributed by atoms with Gasteiger partial charge in [0, 0.05) is 43.0 Å². The third kappa shape index (κ3) is 4.84. The van der Waals surface area contributed by atoms with Gasteiger partial charge in [-0.15, -0.1) is 46.7 Å². The van der Waals surface area contributed by atoms with Crippen LogP contribution in [0.5, 0.6) is 0 Å². The molecule has 0 aromatic carbocycles. The van der Waals surface area contributed by atoms with Crippen molar-refractivity contribution in [2.75, 3.05) is 38.1 Å². The number of hydrogen-bond acceptors (Lipinski definition) is 4. The lowest BCUT2D eigenvalue weighted by atomic mass is 10.3. The van der Waals surface area contributed by atoms with Crippen molar-refractivity contribution in [3.05, 3.63) is 39.4 Å². The monoisotopic (exact) mass is 462 g/mol. The number of halogens is 1. The van der Waals surface area contributed by atoms with Crippen molar-refractivity contribution >= 4 is 57.6 Å². The molecule has 0 aliphatic carbocycles. The zero-order chi connectivity index (χ0) is 15.4. The molecule has 1 fully saturated rings. The first kappa shape index (κ1) is 18.5. The van der Waals surface area contributed by atoms with Gasteiger partial charge in [0.05, 0.1) is 11.5 Å². The molecule has 7 heteroatoms. The second-order valence-electron chi connectivity index (χ2n) is 5.34. The van der Waals surface area contributed by atoms with Crippen molar-refractivity contribution in [2.24, 2.45) is 4.99 Å². The van der Waals surface area contributed by atoms with E-state index in [1.54, 1.807) is 0 Å². The van der Waals surface area contributed by atoms with E-state index in [1.807, 2.05) is 29.7 Å². The fraction of sp³-hybridized carbons (Fsp3) is 0.438. The van der Waals surface area contributed by atoms with Gasteiger partial charge in [-0.05, 0) is 36.6 Å². The second-order valence-corrected chi connectivity index (χ2v) is 7.64. The van der Waals surface area contributed by atoms with Crippen LogP contribution in [-0.2, 0) is 6.54 Å². The predicted molar refractivity (Wildman–Crippen MR) is 113 cm³/mol. The predicted octanol–water partition coefficient (Wildman–Crippen LogP) is 3.63. The Bertz CT molecular complexity index is 616. The normalized spacial score (nSPS) is 15.5. The van der Waals surface area contributed by atoms with Crippen LogP contribution in [0.3, 0.4) is 0 Å². The molecule has 3 rings (SSSR count). The third-order valence-corrected chi connectivity index (χ3v) is 5.76. The molecule has 1 saturated heterocycles. The van der Waals surface area contributed by atoms with Crippen molar-refractivity contribution in [1.82, 2.24) is 10.2 Å². The first-order chi connectivity index (χ1) is 10.8. The summed E-state index contributed by atoms with van der Waals surface area (Å²) < 4.78 is 0. The zero-order valence-corrected chi connectivity index (χ0v) is 17.5. The van der Waals surface area contributed by atoms with Gasteiger partial charge >= 0.3 is 0 Å². The summed E-state index contributed by atoms with van der Waals surface area (Å²) in [5.74, 6) is 1.01. The highest BCUT2D eigenvalue weighted by molar-refractivity contribution is 14.0. The van der Waals surface area contributed by atoms with Gasteiger partial charge in [-0.2, -0.15) is 0 Å². The van der Waals surface area contributed by atoms with Crippen LogP contribution in [0.2, 0.25) is 0 Å². The number of anilines is 1. The molecule has 1 aliphatic heterocycles. The van der Waals surface area contributed by atoms with Gasteiger partial charge in [-0.25, -0.2) is 0 Å². The number of nitrogens with zero attached hydrogens (tertiary/aromatic N) is 3. The van der Waals surface area contributed by atoms with E-state index in [9.17, 15) is 0 Å². The number of hydrogen-bond donors (Lipinski definition) is 1. The number of piperazine rings is 1. The first-order valence-electron chi connectivity index (χ1n) is 7.55. The standard InChI is InChI=1S/C16H22N4S2.HI/c1-13-5-6-14(22-13)12-18-16(17-2)20-9-7-19(8-10-20)15-4-3-11-21-15;/h3-6,11H,7-10,12H2,1-2H3,(H,17,18);1H. The maximum atomic E-state index is 4.44. The van der Waals surface area contributed by atoms with Crippen LogP contribution < -0.4 is 10.2 Å². The number of thiophene rings is 2. The van der Waals surface area contributed by atoms with Gasteiger partial charge in [-0.3, -0.25) is 4.99 Å². The Labute approximate surface area is 163 Å². The highest BCUT2D eigenvalue weighted by Gasteiger charge is 2.20. The number of aliphatic imine (C=N–C) groups is 1. The largest absolute Gasteiger partial charge is 0.360 e. The lowest BCUT2D eigenvalue weighted by Crippen LogP contribution is -2.52. The van der Waals surface area contributed by atoms with Crippen LogP contribution in [0.4, 0.5) is 5.00 Å². The molecule has 3 heterocycles. The van der Waals surface area contributed by atoms with E-state index < -0.39 is 0 Å². The Balaban J connectivity index is 0.00000192. The minimum Gasteiger partial charge on any atom is -0.360 e. The number of rotatable bonds is 3. The van der Waals surface area contributed by atoms with E-state index in [-0.39, 0.29) is 24.0 Å². The summed E-state index contributed by atoms with van der Waals surface area (Å²) in [5.41, 5.74) is 0. The lowest BCUT2D eigenvalue weighted by molar-refractivity contribution is 0.373. The third-order valence-electron chi connectivity index (χ3n) is 3.83. The highest BCUT2D eigenvalue weighted by Crippen LogP contribution is 2.22. The van der Waals surface area contributed by atoms with E-state index in [1.165, 1.54) is 14.8 Å². The summed E-state index contributed by atoms with van der Waals surface area (Å²) in [6, 6.07) is 8.68. The van der Waals surface area contributed by atoms with Crippen LogP contribution in [0.15, 0.2) is 34.6 Å². The molecule has 1 N–H and O–H groups in total. The molecule has 0 saturated carbocycles. The van der Waals surface area contributed by atoms with Gasteiger partial charge < -0.3 is 15.1 Å². The Hall–Kier alpha value is -0.800. The fourth-order valence-electron chi connectivity index (χ4n) is 2.67. The van der Waals surface area contributed by atoms with Gasteiger partial charge in [-0.1, -0.05) is 0 Å². The summed E-state index contributed by atoms with van der Waals surface area (Å²) in [4.78, 5) is 12.0. The van der Waals surface area contributed by atoms with Crippen molar-refractivity contribution in [1.29, 1.82) is 0 Å². The Morgan fingerprint density at radius 3 is 2.57 bits per heavy atom. The van der Waals surface area contributed by atoms with E-state index in [4.69, 9.17) is 0 Å². The lowest BCUT2D eigenvalue weighted by Gasteiger charge is -2.37. The van der Waals surface area contributed by atoms with E-state index in [0.717, 1.165) is 38.7 Å². The molecule has 1 aliphatic rings. The molecule has 0 radical (unpaired) electrons. The molecule has 2 aromatic heterocycles.